The van der Waals surface area contributed by atoms with E-state index in [1.165, 1.54) is 65.3 Å². The standard InChI is InChI=1S/C54H33N3/c1-2-13-34(14-3-1)37-27-29-43-46(32-37)53(42-19-7-6-18-41(42)52(43)39-26-25-35-15-4-5-16-36(35)31-39)49-22-12-21-47(55-49)38-28-30-44-45(33-38)40-17-8-10-23-50(40)57-51-24-11-9-20-48(51)56-54(44)57/h1-33H. The van der Waals surface area contributed by atoms with Crippen molar-refractivity contribution in [3.05, 3.63) is 200 Å². The van der Waals surface area contributed by atoms with E-state index in [0.29, 0.717) is 0 Å². The number of hydrogen-bond donors (Lipinski definition) is 0. The van der Waals surface area contributed by atoms with Gasteiger partial charge in [0, 0.05) is 21.9 Å². The van der Waals surface area contributed by atoms with Crippen LogP contribution in [0, 0.1) is 0 Å². The molecule has 12 rings (SSSR count). The van der Waals surface area contributed by atoms with Crippen molar-refractivity contribution in [3.8, 4) is 44.8 Å². The highest BCUT2D eigenvalue weighted by atomic mass is 15.0. The monoisotopic (exact) mass is 723 g/mol. The molecule has 0 aliphatic heterocycles. The molecule has 3 aromatic heterocycles. The number of fused-ring (bicyclic) bond motifs is 11. The third-order valence-electron chi connectivity index (χ3n) is 11.7. The highest BCUT2D eigenvalue weighted by Crippen LogP contribution is 2.45. The molecule has 9 aromatic carbocycles. The van der Waals surface area contributed by atoms with E-state index in [0.717, 1.165) is 50.1 Å². The quantitative estimate of drug-likeness (QED) is 0.134. The summed E-state index contributed by atoms with van der Waals surface area (Å²) in [6.07, 6.45) is 0. The summed E-state index contributed by atoms with van der Waals surface area (Å²) >= 11 is 0. The summed E-state index contributed by atoms with van der Waals surface area (Å²) in [5.41, 5.74) is 13.1. The van der Waals surface area contributed by atoms with Crippen LogP contribution < -0.4 is 0 Å². The van der Waals surface area contributed by atoms with Crippen LogP contribution in [0.1, 0.15) is 0 Å². The van der Waals surface area contributed by atoms with Gasteiger partial charge in [0.05, 0.1) is 27.9 Å². The molecule has 0 radical (unpaired) electrons. The van der Waals surface area contributed by atoms with Crippen molar-refractivity contribution in [1.29, 1.82) is 0 Å². The van der Waals surface area contributed by atoms with Gasteiger partial charge in [-0.15, -0.1) is 0 Å². The highest BCUT2D eigenvalue weighted by Gasteiger charge is 2.20. The van der Waals surface area contributed by atoms with Gasteiger partial charge < -0.3 is 0 Å². The Morgan fingerprint density at radius 2 is 0.930 bits per heavy atom. The average Bonchev–Trinajstić information content (AvgIpc) is 3.68. The van der Waals surface area contributed by atoms with Gasteiger partial charge >= 0.3 is 0 Å². The Labute approximate surface area is 328 Å². The lowest BCUT2D eigenvalue weighted by molar-refractivity contribution is 1.31. The largest absolute Gasteiger partial charge is 0.292 e. The minimum Gasteiger partial charge on any atom is -0.292 e. The molecule has 0 atom stereocenters. The van der Waals surface area contributed by atoms with Gasteiger partial charge in [0.2, 0.25) is 0 Å². The van der Waals surface area contributed by atoms with Crippen LogP contribution in [0.5, 0.6) is 0 Å². The number of pyridine rings is 2. The Kier molecular flexibility index (Phi) is 6.93. The third kappa shape index (κ3) is 4.92. The first-order valence-corrected chi connectivity index (χ1v) is 19.5. The van der Waals surface area contributed by atoms with Gasteiger partial charge in [0.15, 0.2) is 0 Å². The lowest BCUT2D eigenvalue weighted by Gasteiger charge is -2.19. The Balaban J connectivity index is 1.11. The Morgan fingerprint density at radius 1 is 0.298 bits per heavy atom. The molecule has 3 nitrogen and oxygen atoms in total. The Bertz CT molecular complexity index is 3580. The second kappa shape index (κ2) is 12.5. The van der Waals surface area contributed by atoms with Crippen LogP contribution in [-0.4, -0.2) is 14.4 Å². The molecule has 0 aliphatic carbocycles. The fourth-order valence-corrected chi connectivity index (χ4v) is 9.12. The molecule has 0 aliphatic rings. The third-order valence-corrected chi connectivity index (χ3v) is 11.7. The van der Waals surface area contributed by atoms with E-state index in [2.05, 4.69) is 205 Å². The van der Waals surface area contributed by atoms with E-state index in [1.54, 1.807) is 0 Å². The van der Waals surface area contributed by atoms with Crippen molar-refractivity contribution in [1.82, 2.24) is 14.4 Å². The summed E-state index contributed by atoms with van der Waals surface area (Å²) in [4.78, 5) is 10.7. The van der Waals surface area contributed by atoms with Crippen molar-refractivity contribution in [2.75, 3.05) is 0 Å². The lowest BCUT2D eigenvalue weighted by atomic mass is 9.85. The number of para-hydroxylation sites is 3. The van der Waals surface area contributed by atoms with Crippen molar-refractivity contribution < 1.29 is 0 Å². The maximum atomic E-state index is 5.52. The summed E-state index contributed by atoms with van der Waals surface area (Å²) in [5.74, 6) is 0. The first kappa shape index (κ1) is 31.7. The van der Waals surface area contributed by atoms with Crippen LogP contribution in [0.3, 0.4) is 0 Å². The molecule has 0 bridgehead atoms. The highest BCUT2D eigenvalue weighted by molar-refractivity contribution is 6.22. The summed E-state index contributed by atoms with van der Waals surface area (Å²) in [7, 11) is 0. The topological polar surface area (TPSA) is 30.2 Å². The molecule has 264 valence electrons. The molecule has 0 unspecified atom stereocenters. The molecule has 0 fully saturated rings. The second-order valence-electron chi connectivity index (χ2n) is 14.9. The molecule has 12 aromatic rings. The summed E-state index contributed by atoms with van der Waals surface area (Å²) in [6, 6.07) is 72.2. The average molecular weight is 724 g/mol. The van der Waals surface area contributed by atoms with Crippen LogP contribution in [0.4, 0.5) is 0 Å². The molecular weight excluding hydrogens is 691 g/mol. The Hall–Kier alpha value is -7.62. The predicted octanol–water partition coefficient (Wildman–Crippen LogP) is 14.3. The maximum Gasteiger partial charge on any atom is 0.146 e. The van der Waals surface area contributed by atoms with Gasteiger partial charge in [0.25, 0.3) is 0 Å². The minimum atomic E-state index is 0.932. The van der Waals surface area contributed by atoms with E-state index >= 15 is 0 Å². The molecule has 3 heteroatoms. The number of nitrogens with zero attached hydrogens (tertiary/aromatic N) is 3. The fourth-order valence-electron chi connectivity index (χ4n) is 9.12. The van der Waals surface area contributed by atoms with E-state index in [9.17, 15) is 0 Å². The van der Waals surface area contributed by atoms with Gasteiger partial charge in [-0.3, -0.25) is 4.40 Å². The summed E-state index contributed by atoms with van der Waals surface area (Å²) in [5, 5.41) is 10.7. The van der Waals surface area contributed by atoms with Crippen molar-refractivity contribution in [2.45, 2.75) is 0 Å². The molecule has 0 amide bonds. The van der Waals surface area contributed by atoms with Gasteiger partial charge in [-0.1, -0.05) is 146 Å². The SMILES string of the molecule is c1ccc(-c2ccc3c(-c4ccc5ccccc5c4)c4ccccc4c(-c4cccc(-c5ccc6c(c5)c5ccccc5n5c7ccccc7nc65)n4)c3c2)cc1. The van der Waals surface area contributed by atoms with Gasteiger partial charge in [-0.25, -0.2) is 9.97 Å². The summed E-state index contributed by atoms with van der Waals surface area (Å²) < 4.78 is 2.30. The number of imidazole rings is 1. The lowest BCUT2D eigenvalue weighted by Crippen LogP contribution is -1.95. The minimum absolute atomic E-state index is 0.932. The van der Waals surface area contributed by atoms with E-state index in [-0.39, 0.29) is 0 Å². The molecular formula is C54H33N3. The van der Waals surface area contributed by atoms with Crippen LogP contribution in [0.15, 0.2) is 200 Å². The van der Waals surface area contributed by atoms with E-state index in [4.69, 9.17) is 9.97 Å². The molecule has 0 N–H and O–H groups in total. The van der Waals surface area contributed by atoms with Crippen LogP contribution in [-0.2, 0) is 0 Å². The van der Waals surface area contributed by atoms with Crippen LogP contribution in [0.2, 0.25) is 0 Å². The number of rotatable bonds is 4. The molecule has 57 heavy (non-hydrogen) atoms. The van der Waals surface area contributed by atoms with Gasteiger partial charge in [-0.2, -0.15) is 0 Å². The van der Waals surface area contributed by atoms with Crippen molar-refractivity contribution in [2.24, 2.45) is 0 Å². The molecule has 3 heterocycles. The first-order chi connectivity index (χ1) is 28.3. The zero-order valence-electron chi connectivity index (χ0n) is 30.9. The zero-order chi connectivity index (χ0) is 37.5. The van der Waals surface area contributed by atoms with Crippen LogP contribution >= 0.6 is 0 Å². The summed E-state index contributed by atoms with van der Waals surface area (Å²) in [6.45, 7) is 0. The second-order valence-corrected chi connectivity index (χ2v) is 14.9. The van der Waals surface area contributed by atoms with E-state index in [1.807, 2.05) is 0 Å². The maximum absolute atomic E-state index is 5.52. The first-order valence-electron chi connectivity index (χ1n) is 19.5. The zero-order valence-corrected chi connectivity index (χ0v) is 30.9. The molecule has 0 saturated carbocycles. The molecule has 0 saturated heterocycles. The molecule has 0 spiro atoms. The van der Waals surface area contributed by atoms with Crippen molar-refractivity contribution >= 4 is 70.7 Å². The number of aromatic nitrogens is 3. The van der Waals surface area contributed by atoms with E-state index < -0.39 is 0 Å². The number of hydrogen-bond acceptors (Lipinski definition) is 2. The van der Waals surface area contributed by atoms with Crippen LogP contribution in [0.25, 0.3) is 115 Å². The smallest absolute Gasteiger partial charge is 0.146 e. The number of benzene rings is 9. The fraction of sp³-hybridized carbons (Fsp3) is 0. The van der Waals surface area contributed by atoms with Gasteiger partial charge in [0.1, 0.15) is 5.65 Å². The Morgan fingerprint density at radius 3 is 1.81 bits per heavy atom. The van der Waals surface area contributed by atoms with Gasteiger partial charge in [-0.05, 0) is 115 Å². The van der Waals surface area contributed by atoms with Crippen molar-refractivity contribution in [3.63, 3.8) is 0 Å². The predicted molar refractivity (Wildman–Crippen MR) is 240 cm³/mol. The normalized spacial score (nSPS) is 11.9.